The van der Waals surface area contributed by atoms with E-state index in [1.54, 1.807) is 11.3 Å². The van der Waals surface area contributed by atoms with E-state index in [4.69, 9.17) is 0 Å². The van der Waals surface area contributed by atoms with Crippen LogP contribution in [0.2, 0.25) is 0 Å². The Bertz CT molecular complexity index is 920. The van der Waals surface area contributed by atoms with Crippen molar-refractivity contribution in [1.29, 1.82) is 0 Å². The monoisotopic (exact) mass is 318 g/mol. The third kappa shape index (κ3) is 3.00. The summed E-state index contributed by atoms with van der Waals surface area (Å²) in [6.07, 6.45) is 0. The van der Waals surface area contributed by atoms with Gasteiger partial charge in [-0.25, -0.2) is 4.98 Å². The van der Waals surface area contributed by atoms with Crippen LogP contribution in [0, 0.1) is 0 Å². The second-order valence-corrected chi connectivity index (χ2v) is 5.79. The summed E-state index contributed by atoms with van der Waals surface area (Å²) in [5.41, 5.74) is 2.90. The van der Waals surface area contributed by atoms with Crippen molar-refractivity contribution in [3.63, 3.8) is 0 Å². The molecule has 4 aromatic rings. The molecule has 0 fully saturated rings. The Morgan fingerprint density at radius 1 is 0.696 bits per heavy atom. The van der Waals surface area contributed by atoms with Crippen LogP contribution in [0.4, 0.5) is 23.1 Å². The highest BCUT2D eigenvalue weighted by Gasteiger charge is 2.09. The van der Waals surface area contributed by atoms with Crippen LogP contribution in [0.5, 0.6) is 0 Å². The number of hydrogen-bond acceptors (Lipinski definition) is 5. The number of rotatable bonds is 4. The van der Waals surface area contributed by atoms with Gasteiger partial charge in [-0.15, -0.1) is 11.3 Å². The highest BCUT2D eigenvalue weighted by Crippen LogP contribution is 2.28. The molecule has 112 valence electrons. The van der Waals surface area contributed by atoms with Gasteiger partial charge in [0.2, 0.25) is 5.95 Å². The molecule has 2 aromatic carbocycles. The van der Waals surface area contributed by atoms with Gasteiger partial charge in [-0.1, -0.05) is 36.4 Å². The Kier molecular flexibility index (Phi) is 3.62. The molecule has 0 saturated carbocycles. The van der Waals surface area contributed by atoms with Crippen LogP contribution < -0.4 is 10.6 Å². The molecule has 2 N–H and O–H groups in total. The van der Waals surface area contributed by atoms with Gasteiger partial charge in [0, 0.05) is 22.1 Å². The minimum atomic E-state index is 0.584. The van der Waals surface area contributed by atoms with Gasteiger partial charge in [-0.05, 0) is 24.3 Å². The van der Waals surface area contributed by atoms with Crippen molar-refractivity contribution in [1.82, 2.24) is 9.97 Å². The minimum Gasteiger partial charge on any atom is -0.340 e. The molecule has 23 heavy (non-hydrogen) atoms. The van der Waals surface area contributed by atoms with E-state index < -0.39 is 0 Å². The summed E-state index contributed by atoms with van der Waals surface area (Å²) in [7, 11) is 0. The first kappa shape index (κ1) is 13.7. The Morgan fingerprint density at radius 2 is 1.35 bits per heavy atom. The molecule has 2 aromatic heterocycles. The molecule has 0 aliphatic rings. The lowest BCUT2D eigenvalue weighted by Gasteiger charge is -2.10. The number of thiophene rings is 1. The Hall–Kier alpha value is -2.92. The van der Waals surface area contributed by atoms with Gasteiger partial charge in [0.25, 0.3) is 0 Å². The average Bonchev–Trinajstić information content (AvgIpc) is 3.05. The third-order valence-electron chi connectivity index (χ3n) is 3.41. The maximum Gasteiger partial charge on any atom is 0.229 e. The highest BCUT2D eigenvalue weighted by molar-refractivity contribution is 7.09. The van der Waals surface area contributed by atoms with Gasteiger partial charge in [0.1, 0.15) is 5.82 Å². The van der Waals surface area contributed by atoms with Crippen molar-refractivity contribution < 1.29 is 0 Å². The summed E-state index contributed by atoms with van der Waals surface area (Å²) >= 11 is 1.62. The van der Waals surface area contributed by atoms with Crippen LogP contribution >= 0.6 is 11.3 Å². The number of hydrogen-bond donors (Lipinski definition) is 2. The summed E-state index contributed by atoms with van der Waals surface area (Å²) < 4.78 is 0. The molecule has 0 aliphatic carbocycles. The maximum atomic E-state index is 4.64. The van der Waals surface area contributed by atoms with Crippen LogP contribution in [0.1, 0.15) is 0 Å². The standard InChI is InChI=1S/C18H14N4S/c1-3-7-13(8-4-1)19-17-15-11-23-12-16(15)21-18(22-17)20-14-9-5-2-6-10-14/h1-12H,(H2,19,20,21,22). The predicted octanol–water partition coefficient (Wildman–Crippen LogP) is 5.18. The van der Waals surface area contributed by atoms with Crippen LogP contribution in [-0.4, -0.2) is 9.97 Å². The fourth-order valence-corrected chi connectivity index (χ4v) is 3.06. The van der Waals surface area contributed by atoms with Gasteiger partial charge in [-0.3, -0.25) is 0 Å². The molecule has 2 heterocycles. The Labute approximate surface area is 137 Å². The van der Waals surface area contributed by atoms with E-state index in [0.29, 0.717) is 5.95 Å². The summed E-state index contributed by atoms with van der Waals surface area (Å²) in [6.45, 7) is 0. The molecule has 0 bridgehead atoms. The summed E-state index contributed by atoms with van der Waals surface area (Å²) in [4.78, 5) is 9.22. The topological polar surface area (TPSA) is 49.8 Å². The molecular formula is C18H14N4S. The number of nitrogens with zero attached hydrogens (tertiary/aromatic N) is 2. The number of para-hydroxylation sites is 2. The van der Waals surface area contributed by atoms with Gasteiger partial charge < -0.3 is 10.6 Å². The van der Waals surface area contributed by atoms with Crippen LogP contribution in [-0.2, 0) is 0 Å². The minimum absolute atomic E-state index is 0.584. The molecule has 4 nitrogen and oxygen atoms in total. The molecular weight excluding hydrogens is 304 g/mol. The van der Waals surface area contributed by atoms with Crippen molar-refractivity contribution in [3.05, 3.63) is 71.4 Å². The molecule has 0 aliphatic heterocycles. The number of nitrogens with one attached hydrogen (secondary N) is 2. The quantitative estimate of drug-likeness (QED) is 0.544. The average molecular weight is 318 g/mol. The zero-order chi connectivity index (χ0) is 15.5. The van der Waals surface area contributed by atoms with Gasteiger partial charge in [0.15, 0.2) is 0 Å². The molecule has 5 heteroatoms. The smallest absolute Gasteiger partial charge is 0.229 e. The van der Waals surface area contributed by atoms with Gasteiger partial charge >= 0.3 is 0 Å². The Morgan fingerprint density at radius 3 is 2.04 bits per heavy atom. The molecule has 0 unspecified atom stereocenters. The fourth-order valence-electron chi connectivity index (χ4n) is 2.32. The lowest BCUT2D eigenvalue weighted by Crippen LogP contribution is -2.01. The normalized spacial score (nSPS) is 10.6. The number of fused-ring (bicyclic) bond motifs is 1. The first-order valence-electron chi connectivity index (χ1n) is 7.26. The lowest BCUT2D eigenvalue weighted by atomic mass is 10.3. The van der Waals surface area contributed by atoms with E-state index in [0.717, 1.165) is 28.1 Å². The first-order chi connectivity index (χ1) is 11.4. The molecule has 0 saturated heterocycles. The number of aromatic nitrogens is 2. The summed E-state index contributed by atoms with van der Waals surface area (Å²) in [5.74, 6) is 1.39. The zero-order valence-electron chi connectivity index (χ0n) is 12.2. The van der Waals surface area contributed by atoms with Crippen LogP contribution in [0.25, 0.3) is 10.9 Å². The van der Waals surface area contributed by atoms with E-state index in [9.17, 15) is 0 Å². The summed E-state index contributed by atoms with van der Waals surface area (Å²) in [5, 5.41) is 11.7. The third-order valence-corrected chi connectivity index (χ3v) is 4.14. The van der Waals surface area contributed by atoms with E-state index in [-0.39, 0.29) is 0 Å². The number of benzene rings is 2. The zero-order valence-corrected chi connectivity index (χ0v) is 13.0. The molecule has 0 atom stereocenters. The SMILES string of the molecule is c1ccc(Nc2nc(Nc3ccccc3)c3cscc3n2)cc1. The van der Waals surface area contributed by atoms with E-state index in [1.165, 1.54) is 0 Å². The fraction of sp³-hybridized carbons (Fsp3) is 0. The number of anilines is 4. The van der Waals surface area contributed by atoms with Crippen molar-refractivity contribution >= 4 is 45.4 Å². The highest BCUT2D eigenvalue weighted by atomic mass is 32.1. The molecule has 0 radical (unpaired) electrons. The second kappa shape index (κ2) is 6.06. The first-order valence-corrected chi connectivity index (χ1v) is 8.21. The molecule has 0 spiro atoms. The largest absolute Gasteiger partial charge is 0.340 e. The van der Waals surface area contributed by atoms with Gasteiger partial charge in [0.05, 0.1) is 10.9 Å². The van der Waals surface area contributed by atoms with E-state index >= 15 is 0 Å². The Balaban J connectivity index is 1.72. The van der Waals surface area contributed by atoms with E-state index in [2.05, 4.69) is 26.0 Å². The lowest BCUT2D eigenvalue weighted by molar-refractivity contribution is 1.21. The summed E-state index contributed by atoms with van der Waals surface area (Å²) in [6, 6.07) is 20.0. The molecule has 4 rings (SSSR count). The van der Waals surface area contributed by atoms with Crippen LogP contribution in [0.3, 0.4) is 0 Å². The van der Waals surface area contributed by atoms with Crippen molar-refractivity contribution in [2.45, 2.75) is 0 Å². The van der Waals surface area contributed by atoms with E-state index in [1.807, 2.05) is 66.0 Å². The van der Waals surface area contributed by atoms with Crippen molar-refractivity contribution in [2.75, 3.05) is 10.6 Å². The van der Waals surface area contributed by atoms with Crippen LogP contribution in [0.15, 0.2) is 71.4 Å². The van der Waals surface area contributed by atoms with Crippen molar-refractivity contribution in [3.8, 4) is 0 Å². The van der Waals surface area contributed by atoms with Gasteiger partial charge in [-0.2, -0.15) is 4.98 Å². The molecule has 0 amide bonds. The second-order valence-electron chi connectivity index (χ2n) is 5.05. The maximum absolute atomic E-state index is 4.64. The van der Waals surface area contributed by atoms with Crippen molar-refractivity contribution in [2.24, 2.45) is 0 Å². The predicted molar refractivity (Wildman–Crippen MR) is 96.9 cm³/mol.